The molecule has 1 amide bonds. The fourth-order valence-corrected chi connectivity index (χ4v) is 3.05. The Hall–Kier alpha value is -3.62. The van der Waals surface area contributed by atoms with E-state index in [1.165, 1.54) is 11.3 Å². The van der Waals surface area contributed by atoms with Crippen LogP contribution in [0.15, 0.2) is 45.9 Å². The molecule has 0 fully saturated rings. The van der Waals surface area contributed by atoms with E-state index < -0.39 is 23.2 Å². The molecule has 0 aliphatic heterocycles. The molecule has 0 aliphatic carbocycles. The summed E-state index contributed by atoms with van der Waals surface area (Å²) in [5.74, 6) is -2.56. The number of nitrogens with zero attached hydrogens (tertiary/aromatic N) is 3. The van der Waals surface area contributed by atoms with Gasteiger partial charge < -0.3 is 9.32 Å². The summed E-state index contributed by atoms with van der Waals surface area (Å²) in [7, 11) is 1.55. The number of halogens is 2. The first-order valence-corrected chi connectivity index (χ1v) is 8.34. The van der Waals surface area contributed by atoms with Gasteiger partial charge in [-0.05, 0) is 37.3 Å². The summed E-state index contributed by atoms with van der Waals surface area (Å²) in [4.78, 5) is 30.2. The first kappa shape index (κ1) is 17.8. The van der Waals surface area contributed by atoms with Crippen molar-refractivity contribution in [3.05, 3.63) is 70.0 Å². The van der Waals surface area contributed by atoms with Crippen molar-refractivity contribution in [2.24, 2.45) is 0 Å². The summed E-state index contributed by atoms with van der Waals surface area (Å²) in [5.41, 5.74) is 1.07. The molecular weight excluding hydrogens is 370 g/mol. The maximum atomic E-state index is 13.8. The van der Waals surface area contributed by atoms with Gasteiger partial charge in [0, 0.05) is 18.0 Å². The molecule has 1 N–H and O–H groups in total. The molecule has 4 aromatic rings. The Morgan fingerprint density at radius 3 is 2.64 bits per heavy atom. The molecule has 0 spiro atoms. The van der Waals surface area contributed by atoms with E-state index in [1.54, 1.807) is 32.2 Å². The van der Waals surface area contributed by atoms with Crippen LogP contribution < -0.4 is 5.56 Å². The van der Waals surface area contributed by atoms with Gasteiger partial charge in [-0.2, -0.15) is 5.10 Å². The number of rotatable bonds is 3. The minimum atomic E-state index is -1.13. The molecule has 9 heteroatoms. The van der Waals surface area contributed by atoms with Crippen LogP contribution in [0.5, 0.6) is 0 Å². The molecular formula is C19H14F2N4O3. The minimum absolute atomic E-state index is 0.0411. The van der Waals surface area contributed by atoms with E-state index in [2.05, 4.69) is 15.2 Å². The molecule has 2 aromatic carbocycles. The van der Waals surface area contributed by atoms with Crippen molar-refractivity contribution in [3.8, 4) is 0 Å². The van der Waals surface area contributed by atoms with Gasteiger partial charge in [-0.1, -0.05) is 0 Å². The molecule has 0 radical (unpaired) electrons. The van der Waals surface area contributed by atoms with Gasteiger partial charge in [-0.15, -0.1) is 0 Å². The molecule has 0 aliphatic rings. The van der Waals surface area contributed by atoms with Gasteiger partial charge in [0.05, 0.1) is 17.1 Å². The standard InChI is InChI=1S/C19H14F2N4O3/c1-9(17-11-6-13(20)14(21)7-12(11)18(26)24-23-17)25(2)19(27)10-3-4-16-15(5-10)22-8-28-16/h3-9H,1-2H3,(H,24,26). The number of carbonyl (C=O) groups is 1. The third-order valence-electron chi connectivity index (χ3n) is 4.73. The van der Waals surface area contributed by atoms with E-state index in [0.717, 1.165) is 12.1 Å². The number of carbonyl (C=O) groups excluding carboxylic acids is 1. The van der Waals surface area contributed by atoms with E-state index in [1.807, 2.05) is 0 Å². The quantitative estimate of drug-likeness (QED) is 0.586. The number of hydrogen-bond donors (Lipinski definition) is 1. The highest BCUT2D eigenvalue weighted by atomic mass is 19.2. The molecule has 142 valence electrons. The van der Waals surface area contributed by atoms with Crippen molar-refractivity contribution >= 4 is 27.8 Å². The number of nitrogens with one attached hydrogen (secondary N) is 1. The van der Waals surface area contributed by atoms with Crippen molar-refractivity contribution in [1.82, 2.24) is 20.1 Å². The molecule has 7 nitrogen and oxygen atoms in total. The van der Waals surface area contributed by atoms with Gasteiger partial charge in [-0.25, -0.2) is 18.9 Å². The highest BCUT2D eigenvalue weighted by Crippen LogP contribution is 2.26. The maximum Gasteiger partial charge on any atom is 0.272 e. The van der Waals surface area contributed by atoms with Crippen LogP contribution in [-0.2, 0) is 0 Å². The normalized spacial score (nSPS) is 12.4. The van der Waals surface area contributed by atoms with E-state index in [-0.39, 0.29) is 22.4 Å². The lowest BCUT2D eigenvalue weighted by Gasteiger charge is -2.25. The number of aromatic amines is 1. The summed E-state index contributed by atoms with van der Waals surface area (Å²) in [6.45, 7) is 1.67. The summed E-state index contributed by atoms with van der Waals surface area (Å²) >= 11 is 0. The van der Waals surface area contributed by atoms with Crippen LogP contribution in [0.1, 0.15) is 29.0 Å². The van der Waals surface area contributed by atoms with E-state index in [0.29, 0.717) is 16.7 Å². The van der Waals surface area contributed by atoms with Gasteiger partial charge in [0.15, 0.2) is 23.6 Å². The van der Waals surface area contributed by atoms with Crippen molar-refractivity contribution in [3.63, 3.8) is 0 Å². The number of aromatic nitrogens is 3. The fraction of sp³-hybridized carbons (Fsp3) is 0.158. The largest absolute Gasteiger partial charge is 0.443 e. The maximum absolute atomic E-state index is 13.8. The van der Waals surface area contributed by atoms with Gasteiger partial charge >= 0.3 is 0 Å². The molecule has 0 saturated carbocycles. The Balaban J connectivity index is 1.75. The number of oxazole rings is 1. The Morgan fingerprint density at radius 2 is 1.89 bits per heavy atom. The second kappa shape index (κ2) is 6.52. The Bertz CT molecular complexity index is 1280. The van der Waals surface area contributed by atoms with E-state index in [4.69, 9.17) is 4.42 Å². The predicted octanol–water partition coefficient (Wildman–Crippen LogP) is 3.18. The number of benzene rings is 2. The lowest BCUT2D eigenvalue weighted by Crippen LogP contribution is -2.31. The zero-order chi connectivity index (χ0) is 20.0. The van der Waals surface area contributed by atoms with Crippen molar-refractivity contribution < 1.29 is 18.0 Å². The summed E-state index contributed by atoms with van der Waals surface area (Å²) in [6.07, 6.45) is 1.29. The SMILES string of the molecule is CC(c1n[nH]c(=O)c2cc(F)c(F)cc12)N(C)C(=O)c1ccc2ocnc2c1. The third-order valence-corrected chi connectivity index (χ3v) is 4.73. The summed E-state index contributed by atoms with van der Waals surface area (Å²) in [5, 5.41) is 6.34. The van der Waals surface area contributed by atoms with Crippen LogP contribution in [0.25, 0.3) is 21.9 Å². The topological polar surface area (TPSA) is 92.1 Å². The van der Waals surface area contributed by atoms with Crippen LogP contribution >= 0.6 is 0 Å². The Labute approximate surface area is 156 Å². The Morgan fingerprint density at radius 1 is 1.18 bits per heavy atom. The van der Waals surface area contributed by atoms with Crippen LogP contribution in [0.2, 0.25) is 0 Å². The first-order chi connectivity index (χ1) is 13.4. The van der Waals surface area contributed by atoms with Crippen LogP contribution in [0.3, 0.4) is 0 Å². The highest BCUT2D eigenvalue weighted by Gasteiger charge is 2.24. The molecule has 1 atom stereocenters. The predicted molar refractivity (Wildman–Crippen MR) is 96.8 cm³/mol. The smallest absolute Gasteiger partial charge is 0.272 e. The first-order valence-electron chi connectivity index (χ1n) is 8.34. The number of hydrogen-bond acceptors (Lipinski definition) is 5. The van der Waals surface area contributed by atoms with E-state index in [9.17, 15) is 18.4 Å². The second-order valence-corrected chi connectivity index (χ2v) is 6.38. The van der Waals surface area contributed by atoms with Crippen LogP contribution in [0.4, 0.5) is 8.78 Å². The van der Waals surface area contributed by atoms with Crippen molar-refractivity contribution in [2.45, 2.75) is 13.0 Å². The monoisotopic (exact) mass is 384 g/mol. The van der Waals surface area contributed by atoms with Gasteiger partial charge in [-0.3, -0.25) is 9.59 Å². The number of amides is 1. The molecule has 28 heavy (non-hydrogen) atoms. The fourth-order valence-electron chi connectivity index (χ4n) is 3.05. The summed E-state index contributed by atoms with van der Waals surface area (Å²) < 4.78 is 32.5. The molecule has 0 bridgehead atoms. The molecule has 2 heterocycles. The lowest BCUT2D eigenvalue weighted by atomic mass is 10.0. The van der Waals surface area contributed by atoms with Crippen LogP contribution in [-0.4, -0.2) is 33.0 Å². The molecule has 1 unspecified atom stereocenters. The minimum Gasteiger partial charge on any atom is -0.443 e. The second-order valence-electron chi connectivity index (χ2n) is 6.38. The van der Waals surface area contributed by atoms with Gasteiger partial charge in [0.25, 0.3) is 11.5 Å². The molecule has 4 rings (SSSR count). The molecule has 2 aromatic heterocycles. The van der Waals surface area contributed by atoms with Crippen molar-refractivity contribution in [1.29, 1.82) is 0 Å². The highest BCUT2D eigenvalue weighted by molar-refractivity contribution is 5.97. The number of H-pyrrole nitrogens is 1. The molecule has 0 saturated heterocycles. The van der Waals surface area contributed by atoms with E-state index >= 15 is 0 Å². The Kier molecular flexibility index (Phi) is 4.14. The number of fused-ring (bicyclic) bond motifs is 2. The zero-order valence-electron chi connectivity index (χ0n) is 14.9. The van der Waals surface area contributed by atoms with Gasteiger partial charge in [0.1, 0.15) is 5.52 Å². The van der Waals surface area contributed by atoms with Crippen molar-refractivity contribution in [2.75, 3.05) is 7.05 Å². The summed E-state index contributed by atoms with van der Waals surface area (Å²) in [6, 6.07) is 5.94. The lowest BCUT2D eigenvalue weighted by molar-refractivity contribution is 0.0740. The zero-order valence-corrected chi connectivity index (χ0v) is 14.9. The van der Waals surface area contributed by atoms with Crippen LogP contribution in [0, 0.1) is 11.6 Å². The van der Waals surface area contributed by atoms with Gasteiger partial charge in [0.2, 0.25) is 0 Å². The average Bonchev–Trinajstić information content (AvgIpc) is 3.16. The average molecular weight is 384 g/mol. The third kappa shape index (κ3) is 2.81.